The summed E-state index contributed by atoms with van der Waals surface area (Å²) in [5.41, 5.74) is 20.8. The van der Waals surface area contributed by atoms with E-state index in [1.54, 1.807) is 22.8 Å². The summed E-state index contributed by atoms with van der Waals surface area (Å²) in [6, 6.07) is 52.8. The number of hydrogen-bond donors (Lipinski definition) is 11. The molecular formula is C93H97N17O16. The number of carboxylic acid groups (broad SMARTS) is 1. The second-order valence-electron chi connectivity index (χ2n) is 30.9. The third kappa shape index (κ3) is 20.2. The average molecular weight is 1710 g/mol. The minimum absolute atomic E-state index is 0.00773. The van der Waals surface area contributed by atoms with Crippen LogP contribution in [-0.2, 0) is 61.6 Å². The number of carbonyl (C=O) groups excluding carboxylic acids is 5. The lowest BCUT2D eigenvalue weighted by Crippen LogP contribution is -2.32. The monoisotopic (exact) mass is 1710 g/mol. The van der Waals surface area contributed by atoms with Crippen molar-refractivity contribution in [2.45, 2.75) is 118 Å². The molecule has 0 radical (unpaired) electrons. The number of aromatic nitrogens is 12. The highest BCUT2D eigenvalue weighted by molar-refractivity contribution is 6.13. The largest absolute Gasteiger partial charge is 0.508 e. The Balaban J connectivity index is 0.000000153. The molecule has 0 atom stereocenters. The number of aromatic amines is 3. The van der Waals surface area contributed by atoms with Gasteiger partial charge in [0.2, 0.25) is 5.91 Å². The minimum atomic E-state index is -0.924. The Morgan fingerprint density at radius 2 is 0.778 bits per heavy atom. The maximum Gasteiger partial charge on any atom is 0.348 e. The number of fused-ring (bicyclic) bond motifs is 3. The summed E-state index contributed by atoms with van der Waals surface area (Å²) in [5.74, 6) is -0.481. The molecule has 0 saturated carbocycles. The third-order valence-electron chi connectivity index (χ3n) is 21.3. The second-order valence-corrected chi connectivity index (χ2v) is 30.9. The number of nitrogens with one attached hydrogen (secondary N) is 4. The fourth-order valence-corrected chi connectivity index (χ4v) is 14.9. The first-order valence-electron chi connectivity index (χ1n) is 41.1. The first kappa shape index (κ1) is 88.4. The molecule has 0 saturated heterocycles. The van der Waals surface area contributed by atoms with Gasteiger partial charge in [-0.25, -0.2) is 43.4 Å². The number of phenolic OH excluding ortho intramolecular Hbond substituents is 4. The molecule has 0 unspecified atom stereocenters. The number of carbonyl (C=O) groups is 6. The number of rotatable bonds is 30. The minimum Gasteiger partial charge on any atom is -0.508 e. The normalized spacial score (nSPS) is 12.4. The number of phenols is 4. The Labute approximate surface area is 721 Å². The predicted molar refractivity (Wildman–Crippen MR) is 475 cm³/mol. The van der Waals surface area contributed by atoms with Gasteiger partial charge in [-0.1, -0.05) is 102 Å². The van der Waals surface area contributed by atoms with Crippen LogP contribution in [0.2, 0.25) is 0 Å². The van der Waals surface area contributed by atoms with Crippen LogP contribution in [0, 0.1) is 0 Å². The Bertz CT molecular complexity index is 6580. The highest BCUT2D eigenvalue weighted by Crippen LogP contribution is 2.42. The Hall–Kier alpha value is -15.4. The molecule has 2 aliphatic rings. The van der Waals surface area contributed by atoms with Crippen molar-refractivity contribution in [3.8, 4) is 85.7 Å². The molecule has 14 aromatic rings. The van der Waals surface area contributed by atoms with Gasteiger partial charge in [0, 0.05) is 159 Å². The topological polar surface area (TPSA) is 459 Å². The van der Waals surface area contributed by atoms with Crippen molar-refractivity contribution in [1.82, 2.24) is 73.1 Å². The number of nitrogens with two attached hydrogens (primary N) is 2. The molecule has 0 fully saturated rings. The molecule has 33 heteroatoms. The summed E-state index contributed by atoms with van der Waals surface area (Å²) in [6.07, 6.45) is 11.5. The summed E-state index contributed by atoms with van der Waals surface area (Å²) in [6.45, 7) is 16.5. The fraction of sp³-hybridized carbons (Fsp3) is 0.247. The van der Waals surface area contributed by atoms with E-state index < -0.39 is 17.3 Å². The molecule has 33 nitrogen and oxygen atoms in total. The van der Waals surface area contributed by atoms with Gasteiger partial charge in [0.05, 0.1) is 33.8 Å². The average Bonchev–Trinajstić information content (AvgIpc) is 1.59. The summed E-state index contributed by atoms with van der Waals surface area (Å²) in [7, 11) is 0. The third-order valence-corrected chi connectivity index (χ3v) is 21.3. The predicted octanol–water partition coefficient (Wildman–Crippen LogP) is 11.4. The van der Waals surface area contributed by atoms with E-state index in [9.17, 15) is 63.6 Å². The summed E-state index contributed by atoms with van der Waals surface area (Å²) in [5, 5.41) is 75.7. The lowest BCUT2D eigenvalue weighted by atomic mass is 9.98. The molecule has 126 heavy (non-hydrogen) atoms. The van der Waals surface area contributed by atoms with Gasteiger partial charge < -0.3 is 65.5 Å². The number of aliphatic carboxylic acids is 1. The van der Waals surface area contributed by atoms with Gasteiger partial charge >= 0.3 is 23.0 Å². The highest BCUT2D eigenvalue weighted by atomic mass is 16.5. The molecule has 0 aliphatic carbocycles. The van der Waals surface area contributed by atoms with Crippen molar-refractivity contribution in [1.29, 1.82) is 0 Å². The molecule has 16 rings (SSSR count). The van der Waals surface area contributed by atoms with E-state index in [0.717, 1.165) is 71.5 Å². The number of imide groups is 2. The van der Waals surface area contributed by atoms with E-state index >= 15 is 0 Å². The second kappa shape index (κ2) is 39.6. The molecular weight excluding hydrogens is 1610 g/mol. The van der Waals surface area contributed by atoms with Gasteiger partial charge in [-0.15, -0.1) is 0 Å². The first-order chi connectivity index (χ1) is 60.7. The van der Waals surface area contributed by atoms with E-state index in [1.807, 2.05) is 190 Å². The number of nitrogens with zero attached hydrogens (tertiary/aromatic N) is 11. The van der Waals surface area contributed by atoms with Crippen LogP contribution in [0.4, 0.5) is 0 Å². The summed E-state index contributed by atoms with van der Waals surface area (Å²) >= 11 is 0. The van der Waals surface area contributed by atoms with Crippen LogP contribution >= 0.6 is 0 Å². The zero-order chi connectivity index (χ0) is 89.6. The van der Waals surface area contributed by atoms with Crippen LogP contribution in [0.15, 0.2) is 227 Å². The fourth-order valence-electron chi connectivity index (χ4n) is 14.9. The van der Waals surface area contributed by atoms with E-state index in [4.69, 9.17) is 26.0 Å². The van der Waals surface area contributed by atoms with E-state index in [1.165, 1.54) is 45.6 Å². The summed E-state index contributed by atoms with van der Waals surface area (Å²) < 4.78 is 23.3. The van der Waals surface area contributed by atoms with Gasteiger partial charge in [0.1, 0.15) is 47.7 Å². The van der Waals surface area contributed by atoms with E-state index in [0.29, 0.717) is 115 Å². The van der Waals surface area contributed by atoms with Crippen LogP contribution in [-0.4, -0.2) is 162 Å². The van der Waals surface area contributed by atoms with Gasteiger partial charge in [-0.3, -0.25) is 38.6 Å². The van der Waals surface area contributed by atoms with Crippen LogP contribution in [0.5, 0.6) is 34.5 Å². The zero-order valence-corrected chi connectivity index (χ0v) is 70.1. The van der Waals surface area contributed by atoms with Gasteiger partial charge in [-0.05, 0) is 149 Å². The van der Waals surface area contributed by atoms with Crippen LogP contribution in [0.1, 0.15) is 113 Å². The molecule has 8 aromatic carbocycles. The van der Waals surface area contributed by atoms with Crippen molar-refractivity contribution in [2.75, 3.05) is 32.7 Å². The lowest BCUT2D eigenvalue weighted by molar-refractivity contribution is -0.140. The Morgan fingerprint density at radius 1 is 0.413 bits per heavy atom. The number of aromatic hydroxyl groups is 4. The zero-order valence-electron chi connectivity index (χ0n) is 70.1. The SMILES string of the molecule is CC(C)c1cc(-c2n[nH]c(=O)n2-c2ccc3c(ccn3CCN)c2)c(O)cc1O.CC(C)c1cc(-c2n[nH]c(=O)n2-c2ccc3c(ccn3CCN)c2)c(OCc2ccccc2)cc1OCc1ccccc1.CC(C)c1cc(-c2n[nH]c(=O)n2-c2ccc3c(ccn3CCNC(=O)CCCN3C(=O)C=CC3=O)c2)c(O)cc1O.O=C(O)CCCN1C(=O)C=CC1=O. The maximum absolute atomic E-state index is 13.3. The van der Waals surface area contributed by atoms with E-state index in [2.05, 4.69) is 58.9 Å². The molecule has 13 N–H and O–H groups in total. The van der Waals surface area contributed by atoms with Crippen LogP contribution in [0.3, 0.4) is 0 Å². The quantitative estimate of drug-likeness (QED) is 0.0186. The summed E-state index contributed by atoms with van der Waals surface area (Å²) in [4.78, 5) is 108. The first-order valence-corrected chi connectivity index (χ1v) is 41.1. The van der Waals surface area contributed by atoms with Gasteiger partial charge in [0.25, 0.3) is 23.6 Å². The number of carboxylic acids is 1. The molecule has 650 valence electrons. The van der Waals surface area contributed by atoms with Crippen molar-refractivity contribution in [3.63, 3.8) is 0 Å². The Morgan fingerprint density at radius 3 is 1.16 bits per heavy atom. The van der Waals surface area contributed by atoms with E-state index in [-0.39, 0.29) is 114 Å². The number of benzene rings is 8. The molecule has 5 amide bonds. The number of H-pyrrole nitrogens is 3. The molecule has 8 heterocycles. The van der Waals surface area contributed by atoms with Gasteiger partial charge in [0.15, 0.2) is 17.5 Å². The van der Waals surface area contributed by atoms with Crippen molar-refractivity contribution >= 4 is 68.2 Å². The molecule has 6 aromatic heterocycles. The van der Waals surface area contributed by atoms with Gasteiger partial charge in [-0.2, -0.15) is 15.3 Å². The van der Waals surface area contributed by atoms with Crippen molar-refractivity contribution < 1.29 is 63.8 Å². The van der Waals surface area contributed by atoms with Crippen LogP contribution in [0.25, 0.3) is 83.9 Å². The standard InChI is InChI=1S/C35H35N5O3.C29H30N6O6.C21H23N5O3.C8H9NO4/c1-24(2)29-20-30(34-37-38-35(41)40(34)28-13-14-31-27(19-28)15-17-39(31)18-16-36)33(43-23-26-11-7-4-8-12-26)21-32(29)42-22-25-9-5-3-6-10-25;1-17(2)20-15-21(24(37)16-23(20)36)28-31-32-29(41)35(28)19-5-6-22-18(14-19)9-12-33(22)13-10-30-25(38)4-3-11-34-26(39)7-8-27(34)40;1-12(2)15-10-16(19(28)11-18(15)27)20-23-24-21(29)26(20)14-3-4-17-13(9-14)5-7-25(17)8-6-22;10-6-3-4-7(11)9(6)5-1-2-8(12)13/h3-15,17,19-21,24H,16,18,22-23,36H2,1-2H3,(H,38,41);5-9,12,14-17,36-37H,3-4,10-11,13H2,1-2H3,(H,30,38)(H,32,41);3-5,7,9-12,27-28H,6,8,22H2,1-2H3,(H,24,29);3-4H,1-2,5H2,(H,12,13). The number of amides is 5. The van der Waals surface area contributed by atoms with Crippen LogP contribution < -0.4 is 43.3 Å². The molecule has 0 spiro atoms. The number of ether oxygens (including phenoxy) is 2. The maximum atomic E-state index is 13.3. The molecule has 0 bridgehead atoms. The molecule has 2 aliphatic heterocycles. The number of hydrogen-bond acceptors (Lipinski definition) is 20. The van der Waals surface area contributed by atoms with Crippen molar-refractivity contribution in [3.05, 3.63) is 272 Å². The van der Waals surface area contributed by atoms with Crippen molar-refractivity contribution in [2.24, 2.45) is 11.5 Å². The smallest absolute Gasteiger partial charge is 0.348 e. The lowest BCUT2D eigenvalue weighted by Gasteiger charge is -2.20. The highest BCUT2D eigenvalue weighted by Gasteiger charge is 2.28. The Kier molecular flexibility index (Phi) is 27.8.